The number of benzene rings is 2. The zero-order valence-electron chi connectivity index (χ0n) is 14.8. The van der Waals surface area contributed by atoms with Crippen LogP contribution in [0.15, 0.2) is 53.4 Å². The fraction of sp³-hybridized carbons (Fsp3) is 0.333. The summed E-state index contributed by atoms with van der Waals surface area (Å²) in [5.41, 5.74) is 7.21. The van der Waals surface area contributed by atoms with Gasteiger partial charge in [0.05, 0.1) is 9.82 Å². The smallest absolute Gasteiger partial charge is 0.269 e. The Bertz CT molecular complexity index is 921. The van der Waals surface area contributed by atoms with E-state index in [4.69, 9.17) is 5.73 Å². The van der Waals surface area contributed by atoms with Gasteiger partial charge in [-0.05, 0) is 36.6 Å². The molecule has 0 aliphatic carbocycles. The minimum atomic E-state index is -3.74. The van der Waals surface area contributed by atoms with Crippen LogP contribution in [0.3, 0.4) is 0 Å². The van der Waals surface area contributed by atoms with Crippen LogP contribution in [0.5, 0.6) is 0 Å². The standard InChI is InChI=1S/C18H21N3O4S.ClH/c1-13-9-16(21(22)23)7-8-18(13)26(24,25)20-11-15(10-19)17(12-20)14-5-3-2-4-6-14;/h2-9,15,17H,10-12,19H2,1H3;1H/t15-,17+;/m1./s1. The number of hydrogen-bond acceptors (Lipinski definition) is 5. The van der Waals surface area contributed by atoms with Gasteiger partial charge in [0.1, 0.15) is 0 Å². The van der Waals surface area contributed by atoms with Gasteiger partial charge in [0.25, 0.3) is 5.69 Å². The van der Waals surface area contributed by atoms with Gasteiger partial charge >= 0.3 is 0 Å². The second-order valence-corrected chi connectivity index (χ2v) is 8.45. The van der Waals surface area contributed by atoms with Crippen LogP contribution in [0, 0.1) is 23.0 Å². The molecule has 2 aromatic rings. The molecular weight excluding hydrogens is 390 g/mol. The Morgan fingerprint density at radius 1 is 1.19 bits per heavy atom. The summed E-state index contributed by atoms with van der Waals surface area (Å²) in [5, 5.41) is 10.9. The predicted molar refractivity (Wildman–Crippen MR) is 106 cm³/mol. The first-order chi connectivity index (χ1) is 12.3. The minimum absolute atomic E-state index is 0. The molecule has 146 valence electrons. The molecular formula is C18H22ClN3O4S. The van der Waals surface area contributed by atoms with Crippen LogP contribution in [0.25, 0.3) is 0 Å². The Balaban J connectivity index is 0.00000261. The highest BCUT2D eigenvalue weighted by atomic mass is 35.5. The summed E-state index contributed by atoms with van der Waals surface area (Å²) in [7, 11) is -3.74. The van der Waals surface area contributed by atoms with Gasteiger partial charge in [-0.15, -0.1) is 12.4 Å². The van der Waals surface area contributed by atoms with Crippen molar-refractivity contribution in [2.24, 2.45) is 11.7 Å². The highest BCUT2D eigenvalue weighted by Crippen LogP contribution is 2.36. The van der Waals surface area contributed by atoms with E-state index in [9.17, 15) is 18.5 Å². The molecule has 2 atom stereocenters. The molecule has 0 aromatic heterocycles. The molecule has 1 saturated heterocycles. The monoisotopic (exact) mass is 411 g/mol. The number of non-ortho nitro benzene ring substituents is 1. The average Bonchev–Trinajstić information content (AvgIpc) is 3.07. The SMILES string of the molecule is Cc1cc([N+](=O)[O-])ccc1S(=O)(=O)N1C[C@@H](CN)[C@H](c2ccccc2)C1.Cl. The Morgan fingerprint density at radius 2 is 1.85 bits per heavy atom. The zero-order chi connectivity index (χ0) is 18.9. The zero-order valence-corrected chi connectivity index (χ0v) is 16.4. The summed E-state index contributed by atoms with van der Waals surface area (Å²) in [6.45, 7) is 2.66. The molecule has 1 fully saturated rings. The Labute approximate surface area is 164 Å². The average molecular weight is 412 g/mol. The molecule has 2 N–H and O–H groups in total. The molecule has 0 saturated carbocycles. The Kier molecular flexibility index (Phi) is 6.59. The van der Waals surface area contributed by atoms with E-state index in [1.165, 1.54) is 22.5 Å². The summed E-state index contributed by atoms with van der Waals surface area (Å²) in [5.74, 6) is 0.0693. The second-order valence-electron chi connectivity index (χ2n) is 6.54. The minimum Gasteiger partial charge on any atom is -0.330 e. The maximum Gasteiger partial charge on any atom is 0.269 e. The van der Waals surface area contributed by atoms with Crippen LogP contribution >= 0.6 is 12.4 Å². The molecule has 3 rings (SSSR count). The van der Waals surface area contributed by atoms with Gasteiger partial charge < -0.3 is 5.73 Å². The first kappa shape index (κ1) is 21.3. The number of hydrogen-bond donors (Lipinski definition) is 1. The van der Waals surface area contributed by atoms with Crippen molar-refractivity contribution in [3.05, 3.63) is 69.8 Å². The van der Waals surface area contributed by atoms with Crippen molar-refractivity contribution in [2.75, 3.05) is 19.6 Å². The molecule has 0 radical (unpaired) electrons. The maximum absolute atomic E-state index is 13.1. The molecule has 2 aromatic carbocycles. The number of nitro benzene ring substituents is 1. The van der Waals surface area contributed by atoms with Crippen molar-refractivity contribution in [3.63, 3.8) is 0 Å². The number of nitrogens with zero attached hydrogens (tertiary/aromatic N) is 2. The lowest BCUT2D eigenvalue weighted by atomic mass is 9.89. The first-order valence-electron chi connectivity index (χ1n) is 8.34. The lowest BCUT2D eigenvalue weighted by Gasteiger charge is -2.18. The predicted octanol–water partition coefficient (Wildman–Crippen LogP) is 2.69. The molecule has 9 heteroatoms. The van der Waals surface area contributed by atoms with E-state index in [-0.39, 0.29) is 34.8 Å². The molecule has 0 amide bonds. The van der Waals surface area contributed by atoms with Crippen molar-refractivity contribution in [3.8, 4) is 0 Å². The number of halogens is 1. The lowest BCUT2D eigenvalue weighted by molar-refractivity contribution is -0.385. The van der Waals surface area contributed by atoms with E-state index in [2.05, 4.69) is 0 Å². The van der Waals surface area contributed by atoms with Gasteiger partial charge in [-0.1, -0.05) is 30.3 Å². The van der Waals surface area contributed by atoms with E-state index in [1.807, 2.05) is 30.3 Å². The highest BCUT2D eigenvalue weighted by molar-refractivity contribution is 7.89. The molecule has 1 heterocycles. The first-order valence-corrected chi connectivity index (χ1v) is 9.79. The summed E-state index contributed by atoms with van der Waals surface area (Å²) in [6, 6.07) is 13.6. The Morgan fingerprint density at radius 3 is 2.41 bits per heavy atom. The molecule has 1 aliphatic rings. The van der Waals surface area contributed by atoms with Crippen LogP contribution in [-0.4, -0.2) is 37.3 Å². The third-order valence-electron chi connectivity index (χ3n) is 4.93. The fourth-order valence-corrected chi connectivity index (χ4v) is 5.25. The van der Waals surface area contributed by atoms with E-state index < -0.39 is 14.9 Å². The topological polar surface area (TPSA) is 107 Å². The van der Waals surface area contributed by atoms with Gasteiger partial charge in [0, 0.05) is 31.1 Å². The molecule has 27 heavy (non-hydrogen) atoms. The van der Waals surface area contributed by atoms with Crippen LogP contribution in [0.1, 0.15) is 17.0 Å². The van der Waals surface area contributed by atoms with Gasteiger partial charge in [-0.2, -0.15) is 4.31 Å². The molecule has 7 nitrogen and oxygen atoms in total. The van der Waals surface area contributed by atoms with Crippen molar-refractivity contribution in [1.82, 2.24) is 4.31 Å². The quantitative estimate of drug-likeness (QED) is 0.601. The van der Waals surface area contributed by atoms with Crippen molar-refractivity contribution >= 4 is 28.1 Å². The third kappa shape index (κ3) is 4.14. The number of rotatable bonds is 5. The molecule has 0 unspecified atom stereocenters. The van der Waals surface area contributed by atoms with E-state index in [0.717, 1.165) is 5.56 Å². The normalized spacial score (nSPS) is 20.2. The van der Waals surface area contributed by atoms with E-state index >= 15 is 0 Å². The van der Waals surface area contributed by atoms with Crippen molar-refractivity contribution < 1.29 is 13.3 Å². The van der Waals surface area contributed by atoms with Gasteiger partial charge in [0.2, 0.25) is 10.0 Å². The summed E-state index contributed by atoms with van der Waals surface area (Å²) in [6.07, 6.45) is 0. The Hall–Kier alpha value is -2.00. The van der Waals surface area contributed by atoms with Gasteiger partial charge in [0.15, 0.2) is 0 Å². The molecule has 1 aliphatic heterocycles. The maximum atomic E-state index is 13.1. The van der Waals surface area contributed by atoms with Crippen molar-refractivity contribution in [1.29, 1.82) is 0 Å². The van der Waals surface area contributed by atoms with Crippen LogP contribution in [0.4, 0.5) is 5.69 Å². The van der Waals surface area contributed by atoms with Crippen LogP contribution < -0.4 is 5.73 Å². The van der Waals surface area contributed by atoms with Gasteiger partial charge in [-0.25, -0.2) is 8.42 Å². The summed E-state index contributed by atoms with van der Waals surface area (Å²) >= 11 is 0. The number of sulfonamides is 1. The second kappa shape index (κ2) is 8.35. The van der Waals surface area contributed by atoms with Crippen LogP contribution in [-0.2, 0) is 10.0 Å². The summed E-state index contributed by atoms with van der Waals surface area (Å²) < 4.78 is 27.6. The molecule has 0 spiro atoms. The van der Waals surface area contributed by atoms with Crippen LogP contribution in [0.2, 0.25) is 0 Å². The number of nitro groups is 1. The highest BCUT2D eigenvalue weighted by Gasteiger charge is 2.39. The van der Waals surface area contributed by atoms with Crippen molar-refractivity contribution in [2.45, 2.75) is 17.7 Å². The largest absolute Gasteiger partial charge is 0.330 e. The number of aryl methyl sites for hydroxylation is 1. The number of nitrogens with two attached hydrogens (primary N) is 1. The van der Waals surface area contributed by atoms with Gasteiger partial charge in [-0.3, -0.25) is 10.1 Å². The van der Waals surface area contributed by atoms with E-state index in [0.29, 0.717) is 25.2 Å². The summed E-state index contributed by atoms with van der Waals surface area (Å²) in [4.78, 5) is 10.5. The molecule has 0 bridgehead atoms. The lowest BCUT2D eigenvalue weighted by Crippen LogP contribution is -2.30. The van der Waals surface area contributed by atoms with E-state index in [1.54, 1.807) is 6.92 Å². The third-order valence-corrected chi connectivity index (χ3v) is 6.92. The fourth-order valence-electron chi connectivity index (χ4n) is 3.52.